The summed E-state index contributed by atoms with van der Waals surface area (Å²) in [5.41, 5.74) is 4.18. The van der Waals surface area contributed by atoms with E-state index in [-0.39, 0.29) is 6.10 Å². The van der Waals surface area contributed by atoms with Crippen molar-refractivity contribution in [2.45, 2.75) is 25.4 Å². The molecule has 0 fully saturated rings. The first-order chi connectivity index (χ1) is 15.1. The van der Waals surface area contributed by atoms with Gasteiger partial charge in [-0.1, -0.05) is 47.5 Å². The lowest BCUT2D eigenvalue weighted by molar-refractivity contribution is 0.207. The van der Waals surface area contributed by atoms with Crippen LogP contribution in [-0.4, -0.2) is 28.4 Å². The molecule has 0 saturated heterocycles. The van der Waals surface area contributed by atoms with Crippen molar-refractivity contribution in [2.75, 3.05) is 7.11 Å². The van der Waals surface area contributed by atoms with Gasteiger partial charge >= 0.3 is 0 Å². The van der Waals surface area contributed by atoms with Crippen molar-refractivity contribution < 1.29 is 9.47 Å². The molecule has 0 aliphatic heterocycles. The highest BCUT2D eigenvalue weighted by Gasteiger charge is 2.25. The molecule has 0 radical (unpaired) electrons. The molecule has 1 aliphatic rings. The summed E-state index contributed by atoms with van der Waals surface area (Å²) < 4.78 is 12.1. The zero-order chi connectivity index (χ0) is 21.4. The number of halogens is 2. The number of hydrogen-bond donors (Lipinski definition) is 0. The van der Waals surface area contributed by atoms with Gasteiger partial charge in [-0.15, -0.1) is 0 Å². The molecule has 0 bridgehead atoms. The summed E-state index contributed by atoms with van der Waals surface area (Å²) in [4.78, 5) is 4.02. The molecule has 156 valence electrons. The normalized spacial score (nSPS) is 13.4. The van der Waals surface area contributed by atoms with Crippen LogP contribution in [0.1, 0.15) is 22.4 Å². The van der Waals surface area contributed by atoms with Crippen molar-refractivity contribution in [3.05, 3.63) is 87.4 Å². The van der Waals surface area contributed by atoms with Gasteiger partial charge in [0, 0.05) is 42.4 Å². The number of aromatic nitrogens is 3. The van der Waals surface area contributed by atoms with Crippen LogP contribution in [0.4, 0.5) is 0 Å². The van der Waals surface area contributed by atoms with Crippen LogP contribution < -0.4 is 9.47 Å². The summed E-state index contributed by atoms with van der Waals surface area (Å²) in [5, 5.41) is 11.4. The number of methoxy groups -OCH3 is 1. The number of benzene rings is 2. The third-order valence-corrected chi connectivity index (χ3v) is 6.30. The van der Waals surface area contributed by atoms with Gasteiger partial charge < -0.3 is 9.47 Å². The number of nitrogens with zero attached hydrogens (tertiary/aromatic N) is 3. The fourth-order valence-corrected chi connectivity index (χ4v) is 4.62. The smallest absolute Gasteiger partial charge is 0.171 e. The second-order valence-corrected chi connectivity index (χ2v) is 8.34. The molecule has 0 spiro atoms. The summed E-state index contributed by atoms with van der Waals surface area (Å²) in [6.45, 7) is 0. The van der Waals surface area contributed by atoms with Crippen LogP contribution in [0.5, 0.6) is 11.5 Å². The average Bonchev–Trinajstić information content (AvgIpc) is 3.19. The quantitative estimate of drug-likeness (QED) is 0.402. The van der Waals surface area contributed by atoms with E-state index in [2.05, 4.69) is 39.4 Å². The average molecular weight is 452 g/mol. The van der Waals surface area contributed by atoms with E-state index < -0.39 is 0 Å². The van der Waals surface area contributed by atoms with Gasteiger partial charge in [0.1, 0.15) is 6.10 Å². The molecular formula is C24H19Cl2N3O2. The van der Waals surface area contributed by atoms with Crippen molar-refractivity contribution in [3.63, 3.8) is 0 Å². The van der Waals surface area contributed by atoms with Crippen molar-refractivity contribution in [1.82, 2.24) is 15.2 Å². The maximum Gasteiger partial charge on any atom is 0.171 e. The Morgan fingerprint density at radius 3 is 2.32 bits per heavy atom. The Morgan fingerprint density at radius 2 is 1.65 bits per heavy atom. The molecule has 0 atom stereocenters. The van der Waals surface area contributed by atoms with Crippen molar-refractivity contribution in [1.29, 1.82) is 0 Å². The predicted molar refractivity (Wildman–Crippen MR) is 121 cm³/mol. The fraction of sp³-hybridized carbons (Fsp3) is 0.208. The Hall–Kier alpha value is -2.89. The summed E-state index contributed by atoms with van der Waals surface area (Å²) >= 11 is 12.7. The molecule has 0 unspecified atom stereocenters. The van der Waals surface area contributed by atoms with E-state index in [1.165, 1.54) is 11.1 Å². The molecule has 2 aromatic heterocycles. The Kier molecular flexibility index (Phi) is 5.38. The number of hydrogen-bond acceptors (Lipinski definition) is 5. The van der Waals surface area contributed by atoms with Crippen LogP contribution in [0.3, 0.4) is 0 Å². The van der Waals surface area contributed by atoms with E-state index in [1.54, 1.807) is 25.7 Å². The van der Waals surface area contributed by atoms with Crippen molar-refractivity contribution in [2.24, 2.45) is 0 Å². The summed E-state index contributed by atoms with van der Waals surface area (Å²) in [6.07, 6.45) is 7.08. The maximum absolute atomic E-state index is 6.49. The van der Waals surface area contributed by atoms with E-state index in [4.69, 9.17) is 32.7 Å². The van der Waals surface area contributed by atoms with E-state index >= 15 is 0 Å². The standard InChI is InChI=1S/C24H19Cl2N3O2/c1-30-23-7-6-17-19(24(23)31-16-8-14-4-2-3-5-15(14)9-16)11-28-29-22(17)10-18-20(25)12-27-13-21(18)26/h2-7,11-13,16H,8-10H2,1H3. The van der Waals surface area contributed by atoms with Crippen molar-refractivity contribution >= 4 is 34.0 Å². The number of ether oxygens (including phenoxy) is 2. The second-order valence-electron chi connectivity index (χ2n) is 7.52. The van der Waals surface area contributed by atoms with E-state index in [1.807, 2.05) is 12.1 Å². The Labute approximate surface area is 190 Å². The third kappa shape index (κ3) is 3.80. The monoisotopic (exact) mass is 451 g/mol. The topological polar surface area (TPSA) is 57.1 Å². The van der Waals surface area contributed by atoms with Crippen molar-refractivity contribution in [3.8, 4) is 11.5 Å². The summed E-state index contributed by atoms with van der Waals surface area (Å²) in [7, 11) is 1.64. The largest absolute Gasteiger partial charge is 0.493 e. The lowest BCUT2D eigenvalue weighted by Crippen LogP contribution is -2.17. The van der Waals surface area contributed by atoms with Gasteiger partial charge in [0.05, 0.1) is 29.0 Å². The van der Waals surface area contributed by atoms with Gasteiger partial charge in [-0.25, -0.2) is 0 Å². The molecule has 1 aliphatic carbocycles. The highest BCUT2D eigenvalue weighted by atomic mass is 35.5. The van der Waals surface area contributed by atoms with E-state index in [9.17, 15) is 0 Å². The highest BCUT2D eigenvalue weighted by Crippen LogP contribution is 2.39. The first-order valence-electron chi connectivity index (χ1n) is 9.96. The minimum atomic E-state index is 0.0394. The molecule has 5 nitrogen and oxygen atoms in total. The molecule has 7 heteroatoms. The molecule has 31 heavy (non-hydrogen) atoms. The van der Waals surface area contributed by atoms with E-state index in [0.717, 1.165) is 34.9 Å². The van der Waals surface area contributed by atoms with Crippen LogP contribution in [0, 0.1) is 0 Å². The Balaban J connectivity index is 1.53. The molecule has 2 heterocycles. The van der Waals surface area contributed by atoms with Crippen LogP contribution in [0.2, 0.25) is 10.0 Å². The zero-order valence-corrected chi connectivity index (χ0v) is 18.3. The molecule has 2 aromatic carbocycles. The molecule has 0 saturated carbocycles. The lowest BCUT2D eigenvalue weighted by Gasteiger charge is -2.18. The molecular weight excluding hydrogens is 433 g/mol. The second kappa shape index (κ2) is 8.33. The molecule has 0 N–H and O–H groups in total. The van der Waals surface area contributed by atoms with Crippen LogP contribution in [0.25, 0.3) is 10.8 Å². The first kappa shape index (κ1) is 20.0. The summed E-state index contributed by atoms with van der Waals surface area (Å²) in [6, 6.07) is 12.3. The SMILES string of the molecule is COc1ccc2c(Cc3c(Cl)cncc3Cl)nncc2c1OC1Cc2ccccc2C1. The minimum Gasteiger partial charge on any atom is -0.493 e. The minimum absolute atomic E-state index is 0.0394. The van der Waals surface area contributed by atoms with Gasteiger partial charge in [0.25, 0.3) is 0 Å². The highest BCUT2D eigenvalue weighted by molar-refractivity contribution is 6.35. The van der Waals surface area contributed by atoms with Crippen LogP contribution >= 0.6 is 23.2 Å². The van der Waals surface area contributed by atoms with Gasteiger partial charge in [-0.05, 0) is 28.8 Å². The lowest BCUT2D eigenvalue weighted by atomic mass is 10.0. The Morgan fingerprint density at radius 1 is 0.935 bits per heavy atom. The van der Waals surface area contributed by atoms with Crippen LogP contribution in [0.15, 0.2) is 55.0 Å². The molecule has 5 rings (SSSR count). The van der Waals surface area contributed by atoms with Gasteiger partial charge in [0.2, 0.25) is 0 Å². The van der Waals surface area contributed by atoms with Gasteiger partial charge in [-0.2, -0.15) is 10.2 Å². The molecule has 0 amide bonds. The maximum atomic E-state index is 6.49. The van der Waals surface area contributed by atoms with E-state index in [0.29, 0.717) is 28.0 Å². The van der Waals surface area contributed by atoms with Gasteiger partial charge in [-0.3, -0.25) is 4.98 Å². The van der Waals surface area contributed by atoms with Crippen LogP contribution in [-0.2, 0) is 19.3 Å². The zero-order valence-electron chi connectivity index (χ0n) is 16.8. The summed E-state index contributed by atoms with van der Waals surface area (Å²) in [5.74, 6) is 1.35. The number of fused-ring (bicyclic) bond motifs is 2. The first-order valence-corrected chi connectivity index (χ1v) is 10.7. The van der Waals surface area contributed by atoms with Gasteiger partial charge in [0.15, 0.2) is 11.5 Å². The fourth-order valence-electron chi connectivity index (χ4n) is 4.13. The molecule has 4 aromatic rings. The predicted octanol–water partition coefficient (Wildman–Crippen LogP) is 5.48. The number of rotatable bonds is 5. The number of pyridine rings is 1. The Bertz CT molecular complexity index is 1230. The third-order valence-electron chi connectivity index (χ3n) is 5.65.